The van der Waals surface area contributed by atoms with E-state index >= 15 is 0 Å². The van der Waals surface area contributed by atoms with Crippen molar-refractivity contribution >= 4 is 0 Å². The van der Waals surface area contributed by atoms with Gasteiger partial charge >= 0.3 is 0 Å². The molecule has 1 N–H and O–H groups in total. The highest BCUT2D eigenvalue weighted by Crippen LogP contribution is 2.22. The minimum Gasteiger partial charge on any atom is -0.299 e. The fourth-order valence-electron chi connectivity index (χ4n) is 3.16. The number of nitrogens with one attached hydrogen (secondary N) is 1. The topological polar surface area (TPSA) is 35.8 Å². The molecule has 1 aromatic carbocycles. The van der Waals surface area contributed by atoms with E-state index in [2.05, 4.69) is 42.6 Å². The van der Waals surface area contributed by atoms with E-state index in [1.54, 1.807) is 0 Å². The van der Waals surface area contributed by atoms with Gasteiger partial charge in [0.05, 0.1) is 12.1 Å². The Bertz CT molecular complexity index is 413. The second-order valence-corrected chi connectivity index (χ2v) is 6.08. The monoisotopic (exact) mass is 270 g/mol. The van der Waals surface area contributed by atoms with Crippen molar-refractivity contribution in [2.45, 2.75) is 69.9 Å². The molecule has 1 aromatic rings. The maximum Gasteiger partial charge on any atom is 0.0960 e. The first-order chi connectivity index (χ1) is 9.79. The summed E-state index contributed by atoms with van der Waals surface area (Å²) in [6, 6.07) is 13.5. The van der Waals surface area contributed by atoms with E-state index in [9.17, 15) is 5.26 Å². The maximum atomic E-state index is 9.41. The first-order valence-corrected chi connectivity index (χ1v) is 8.00. The van der Waals surface area contributed by atoms with Gasteiger partial charge in [-0.1, -0.05) is 62.9 Å². The lowest BCUT2D eigenvalue weighted by molar-refractivity contribution is 0.407. The molecule has 2 nitrogen and oxygen atoms in total. The van der Waals surface area contributed by atoms with Gasteiger partial charge in [0.2, 0.25) is 0 Å². The van der Waals surface area contributed by atoms with Crippen molar-refractivity contribution in [1.82, 2.24) is 5.32 Å². The molecule has 2 unspecified atom stereocenters. The molecule has 1 aliphatic carbocycles. The SMILES string of the molecule is CC(CC(C#N)NC1CCCCCC1)c1ccccc1. The normalized spacial score (nSPS) is 19.8. The van der Waals surface area contributed by atoms with E-state index in [0.717, 1.165) is 6.42 Å². The van der Waals surface area contributed by atoms with Gasteiger partial charge in [0, 0.05) is 6.04 Å². The predicted molar refractivity (Wildman–Crippen MR) is 83.5 cm³/mol. The Morgan fingerprint density at radius 2 is 1.80 bits per heavy atom. The van der Waals surface area contributed by atoms with Crippen molar-refractivity contribution in [3.05, 3.63) is 35.9 Å². The standard InChI is InChI=1S/C18H26N2/c1-15(16-9-5-4-6-10-16)13-18(14-19)20-17-11-7-2-3-8-12-17/h4-6,9-10,15,17-18,20H,2-3,7-8,11-13H2,1H3. The van der Waals surface area contributed by atoms with E-state index in [-0.39, 0.29) is 6.04 Å². The van der Waals surface area contributed by atoms with Gasteiger partial charge in [0.1, 0.15) is 0 Å². The number of hydrogen-bond acceptors (Lipinski definition) is 2. The zero-order chi connectivity index (χ0) is 14.2. The largest absolute Gasteiger partial charge is 0.299 e. The number of benzene rings is 1. The Balaban J connectivity index is 1.87. The number of hydrogen-bond donors (Lipinski definition) is 1. The van der Waals surface area contributed by atoms with Crippen LogP contribution in [0, 0.1) is 11.3 Å². The van der Waals surface area contributed by atoms with Crippen LogP contribution in [0.2, 0.25) is 0 Å². The molecular formula is C18H26N2. The summed E-state index contributed by atoms with van der Waals surface area (Å²) in [5, 5.41) is 13.0. The minimum absolute atomic E-state index is 0.0201. The molecule has 0 aliphatic heterocycles. The summed E-state index contributed by atoms with van der Waals surface area (Å²) >= 11 is 0. The fraction of sp³-hybridized carbons (Fsp3) is 0.611. The van der Waals surface area contributed by atoms with Gasteiger partial charge in [0.15, 0.2) is 0 Å². The highest BCUT2D eigenvalue weighted by molar-refractivity contribution is 5.19. The van der Waals surface area contributed by atoms with Crippen LogP contribution in [0.1, 0.15) is 63.4 Å². The highest BCUT2D eigenvalue weighted by Gasteiger charge is 2.19. The number of rotatable bonds is 5. The highest BCUT2D eigenvalue weighted by atomic mass is 14.9. The van der Waals surface area contributed by atoms with Crippen LogP contribution in [0.5, 0.6) is 0 Å². The first kappa shape index (κ1) is 15.1. The second-order valence-electron chi connectivity index (χ2n) is 6.08. The summed E-state index contributed by atoms with van der Waals surface area (Å²) in [4.78, 5) is 0. The molecule has 0 heterocycles. The van der Waals surface area contributed by atoms with Crippen LogP contribution in [0.4, 0.5) is 0 Å². The minimum atomic E-state index is -0.0201. The van der Waals surface area contributed by atoms with E-state index in [1.165, 1.54) is 44.1 Å². The van der Waals surface area contributed by atoms with Gasteiger partial charge in [-0.3, -0.25) is 5.32 Å². The Labute approximate surface area is 123 Å². The lowest BCUT2D eigenvalue weighted by Gasteiger charge is -2.22. The molecule has 2 heteroatoms. The molecule has 1 saturated carbocycles. The molecule has 1 fully saturated rings. The van der Waals surface area contributed by atoms with Crippen molar-refractivity contribution in [1.29, 1.82) is 5.26 Å². The molecule has 20 heavy (non-hydrogen) atoms. The van der Waals surface area contributed by atoms with Crippen LogP contribution < -0.4 is 5.32 Å². The molecule has 108 valence electrons. The van der Waals surface area contributed by atoms with Crippen LogP contribution in [-0.2, 0) is 0 Å². The first-order valence-electron chi connectivity index (χ1n) is 8.00. The Hall–Kier alpha value is -1.33. The predicted octanol–water partition coefficient (Wildman–Crippen LogP) is 4.38. The quantitative estimate of drug-likeness (QED) is 0.806. The van der Waals surface area contributed by atoms with Crippen molar-refractivity contribution in [2.24, 2.45) is 0 Å². The fourth-order valence-corrected chi connectivity index (χ4v) is 3.16. The van der Waals surface area contributed by atoms with Gasteiger partial charge in [-0.25, -0.2) is 0 Å². The van der Waals surface area contributed by atoms with Crippen molar-refractivity contribution in [2.75, 3.05) is 0 Å². The molecule has 0 aromatic heterocycles. The van der Waals surface area contributed by atoms with Crippen LogP contribution in [0.25, 0.3) is 0 Å². The number of nitrogens with zero attached hydrogens (tertiary/aromatic N) is 1. The molecule has 0 radical (unpaired) electrons. The Morgan fingerprint density at radius 3 is 2.40 bits per heavy atom. The Kier molecular flexibility index (Phi) is 6.08. The third-order valence-corrected chi connectivity index (χ3v) is 4.41. The van der Waals surface area contributed by atoms with E-state index in [4.69, 9.17) is 0 Å². The molecular weight excluding hydrogens is 244 g/mol. The summed E-state index contributed by atoms with van der Waals surface area (Å²) < 4.78 is 0. The lowest BCUT2D eigenvalue weighted by atomic mass is 9.93. The summed E-state index contributed by atoms with van der Waals surface area (Å²) in [5.41, 5.74) is 1.33. The van der Waals surface area contributed by atoms with Crippen molar-refractivity contribution in [3.8, 4) is 6.07 Å². The number of nitriles is 1. The van der Waals surface area contributed by atoms with Gasteiger partial charge in [-0.15, -0.1) is 0 Å². The van der Waals surface area contributed by atoms with E-state index in [0.29, 0.717) is 12.0 Å². The zero-order valence-electron chi connectivity index (χ0n) is 12.5. The van der Waals surface area contributed by atoms with Gasteiger partial charge in [-0.2, -0.15) is 5.26 Å². The molecule has 1 aliphatic rings. The molecule has 0 spiro atoms. The molecule has 2 rings (SSSR count). The van der Waals surface area contributed by atoms with Gasteiger partial charge < -0.3 is 0 Å². The van der Waals surface area contributed by atoms with Crippen LogP contribution in [0.15, 0.2) is 30.3 Å². The van der Waals surface area contributed by atoms with Crippen molar-refractivity contribution in [3.63, 3.8) is 0 Å². The average molecular weight is 270 g/mol. The van der Waals surface area contributed by atoms with Gasteiger partial charge in [-0.05, 0) is 30.7 Å². The Morgan fingerprint density at radius 1 is 1.15 bits per heavy atom. The molecule has 2 atom stereocenters. The zero-order valence-corrected chi connectivity index (χ0v) is 12.5. The summed E-state index contributed by atoms with van der Waals surface area (Å²) in [5.74, 6) is 0.430. The second kappa shape index (κ2) is 8.07. The van der Waals surface area contributed by atoms with E-state index < -0.39 is 0 Å². The maximum absolute atomic E-state index is 9.41. The third-order valence-electron chi connectivity index (χ3n) is 4.41. The summed E-state index contributed by atoms with van der Waals surface area (Å²) in [6.45, 7) is 2.22. The van der Waals surface area contributed by atoms with Crippen LogP contribution >= 0.6 is 0 Å². The molecule has 0 saturated heterocycles. The molecule has 0 amide bonds. The summed E-state index contributed by atoms with van der Waals surface area (Å²) in [6.07, 6.45) is 8.70. The van der Waals surface area contributed by atoms with Crippen LogP contribution in [0.3, 0.4) is 0 Å². The molecule has 0 bridgehead atoms. The van der Waals surface area contributed by atoms with Crippen molar-refractivity contribution < 1.29 is 0 Å². The average Bonchev–Trinajstić information content (AvgIpc) is 2.76. The van der Waals surface area contributed by atoms with Gasteiger partial charge in [0.25, 0.3) is 0 Å². The third kappa shape index (κ3) is 4.65. The van der Waals surface area contributed by atoms with Crippen LogP contribution in [-0.4, -0.2) is 12.1 Å². The summed E-state index contributed by atoms with van der Waals surface area (Å²) in [7, 11) is 0. The van der Waals surface area contributed by atoms with E-state index in [1.807, 2.05) is 6.07 Å². The lowest BCUT2D eigenvalue weighted by Crippen LogP contribution is -2.37. The smallest absolute Gasteiger partial charge is 0.0960 e.